The van der Waals surface area contributed by atoms with Gasteiger partial charge < -0.3 is 5.11 Å². The van der Waals surface area contributed by atoms with Crippen LogP contribution in [-0.2, 0) is 0 Å². The Labute approximate surface area is 86.4 Å². The minimum Gasteiger partial charge on any atom is -0.494 e. The molecule has 1 atom stereocenters. The fourth-order valence-corrected chi connectivity index (χ4v) is 1.35. The van der Waals surface area contributed by atoms with E-state index in [0.717, 1.165) is 17.1 Å². The maximum absolute atomic E-state index is 11.4. The monoisotopic (exact) mass is 208 g/mol. The SMILES string of the molecule is C#CC(CCC)n1c(O)cc(=O)[nH]c1=O. The van der Waals surface area contributed by atoms with E-state index in [4.69, 9.17) is 6.42 Å². The molecule has 0 fully saturated rings. The molecule has 0 amide bonds. The fraction of sp³-hybridized carbons (Fsp3) is 0.400. The Hall–Kier alpha value is -1.96. The molecule has 80 valence electrons. The lowest BCUT2D eigenvalue weighted by molar-refractivity contribution is 0.380. The molecule has 1 rings (SSSR count). The van der Waals surface area contributed by atoms with Gasteiger partial charge in [-0.15, -0.1) is 6.42 Å². The smallest absolute Gasteiger partial charge is 0.332 e. The lowest BCUT2D eigenvalue weighted by Gasteiger charge is -2.13. The third kappa shape index (κ3) is 2.29. The maximum atomic E-state index is 11.4. The van der Waals surface area contributed by atoms with Crippen molar-refractivity contribution in [1.82, 2.24) is 9.55 Å². The number of hydrogen-bond acceptors (Lipinski definition) is 3. The summed E-state index contributed by atoms with van der Waals surface area (Å²) in [7, 11) is 0. The van der Waals surface area contributed by atoms with Gasteiger partial charge >= 0.3 is 5.69 Å². The summed E-state index contributed by atoms with van der Waals surface area (Å²) in [5, 5.41) is 9.45. The van der Waals surface area contributed by atoms with Gasteiger partial charge in [0.05, 0.1) is 6.07 Å². The van der Waals surface area contributed by atoms with Crippen LogP contribution in [0.2, 0.25) is 0 Å². The van der Waals surface area contributed by atoms with Crippen molar-refractivity contribution in [1.29, 1.82) is 0 Å². The first kappa shape index (κ1) is 11.1. The zero-order valence-electron chi connectivity index (χ0n) is 8.36. The first-order valence-corrected chi connectivity index (χ1v) is 4.61. The van der Waals surface area contributed by atoms with Crippen molar-refractivity contribution in [2.45, 2.75) is 25.8 Å². The van der Waals surface area contributed by atoms with E-state index in [9.17, 15) is 14.7 Å². The van der Waals surface area contributed by atoms with Crippen LogP contribution in [0, 0.1) is 12.3 Å². The second kappa shape index (κ2) is 4.51. The molecule has 0 aliphatic rings. The molecule has 0 aliphatic heterocycles. The number of nitrogens with one attached hydrogen (secondary N) is 1. The summed E-state index contributed by atoms with van der Waals surface area (Å²) in [6, 6.07) is 0.404. The number of terminal acetylenes is 1. The van der Waals surface area contributed by atoms with E-state index in [-0.39, 0.29) is 0 Å². The van der Waals surface area contributed by atoms with E-state index >= 15 is 0 Å². The summed E-state index contributed by atoms with van der Waals surface area (Å²) in [5.41, 5.74) is -1.32. The van der Waals surface area contributed by atoms with Crippen LogP contribution in [0.3, 0.4) is 0 Å². The van der Waals surface area contributed by atoms with Crippen molar-refractivity contribution in [3.8, 4) is 18.2 Å². The summed E-state index contributed by atoms with van der Waals surface area (Å²) in [4.78, 5) is 24.3. The Bertz CT molecular complexity index is 493. The van der Waals surface area contributed by atoms with Crippen molar-refractivity contribution in [2.75, 3.05) is 0 Å². The van der Waals surface area contributed by atoms with Crippen LogP contribution in [0.5, 0.6) is 5.88 Å². The normalized spacial score (nSPS) is 12.0. The molecule has 0 bridgehead atoms. The second-order valence-electron chi connectivity index (χ2n) is 3.14. The first-order chi connectivity index (χ1) is 7.10. The lowest BCUT2D eigenvalue weighted by Crippen LogP contribution is -2.31. The Kier molecular flexibility index (Phi) is 3.34. The van der Waals surface area contributed by atoms with Gasteiger partial charge in [0.1, 0.15) is 6.04 Å². The number of H-pyrrole nitrogens is 1. The topological polar surface area (TPSA) is 75.1 Å². The largest absolute Gasteiger partial charge is 0.494 e. The van der Waals surface area contributed by atoms with E-state index in [1.54, 1.807) is 0 Å². The molecule has 0 saturated heterocycles. The van der Waals surface area contributed by atoms with Gasteiger partial charge in [-0.05, 0) is 6.42 Å². The van der Waals surface area contributed by atoms with Crippen molar-refractivity contribution in [2.24, 2.45) is 0 Å². The highest BCUT2D eigenvalue weighted by Gasteiger charge is 2.13. The molecular formula is C10H12N2O3. The van der Waals surface area contributed by atoms with E-state index in [0.29, 0.717) is 6.42 Å². The Balaban J connectivity index is 3.31. The highest BCUT2D eigenvalue weighted by molar-refractivity contribution is 5.12. The summed E-state index contributed by atoms with van der Waals surface area (Å²) in [6.07, 6.45) is 6.60. The molecule has 0 spiro atoms. The van der Waals surface area contributed by atoms with Crippen molar-refractivity contribution < 1.29 is 5.11 Å². The van der Waals surface area contributed by atoms with Crippen LogP contribution >= 0.6 is 0 Å². The minimum atomic E-state index is -0.684. The van der Waals surface area contributed by atoms with Crippen LogP contribution < -0.4 is 11.2 Å². The van der Waals surface area contributed by atoms with Gasteiger partial charge in [0.15, 0.2) is 0 Å². The molecule has 0 aromatic carbocycles. The molecule has 1 aromatic heterocycles. The number of hydrogen-bond donors (Lipinski definition) is 2. The minimum absolute atomic E-state index is 0.403. The summed E-state index contributed by atoms with van der Waals surface area (Å²) >= 11 is 0. The quantitative estimate of drug-likeness (QED) is 0.697. The van der Waals surface area contributed by atoms with Crippen LogP contribution in [0.4, 0.5) is 0 Å². The molecule has 5 nitrogen and oxygen atoms in total. The summed E-state index contributed by atoms with van der Waals surface area (Å²) in [5.74, 6) is 2.00. The van der Waals surface area contributed by atoms with E-state index in [1.165, 1.54) is 0 Å². The van der Waals surface area contributed by atoms with Crippen LogP contribution in [-0.4, -0.2) is 14.7 Å². The molecule has 0 radical (unpaired) electrons. The van der Waals surface area contributed by atoms with Gasteiger partial charge in [-0.25, -0.2) is 9.36 Å². The lowest BCUT2D eigenvalue weighted by atomic mass is 10.2. The molecule has 5 heteroatoms. The highest BCUT2D eigenvalue weighted by atomic mass is 16.3. The fourth-order valence-electron chi connectivity index (χ4n) is 1.35. The van der Waals surface area contributed by atoms with E-state index in [2.05, 4.69) is 5.92 Å². The first-order valence-electron chi connectivity index (χ1n) is 4.61. The Morgan fingerprint density at radius 2 is 2.33 bits per heavy atom. The molecule has 0 saturated carbocycles. The highest BCUT2D eigenvalue weighted by Crippen LogP contribution is 2.15. The standard InChI is InChI=1S/C10H12N2O3/c1-3-5-7(4-2)12-9(14)6-8(13)11-10(12)15/h2,6-7,14H,3,5H2,1H3,(H,11,13,15). The van der Waals surface area contributed by atoms with Crippen molar-refractivity contribution in [3.63, 3.8) is 0 Å². The molecule has 0 aliphatic carbocycles. The molecule has 15 heavy (non-hydrogen) atoms. The second-order valence-corrected chi connectivity index (χ2v) is 3.14. The maximum Gasteiger partial charge on any atom is 0.332 e. The van der Waals surface area contributed by atoms with Crippen LogP contribution in [0.15, 0.2) is 15.7 Å². The van der Waals surface area contributed by atoms with Crippen molar-refractivity contribution in [3.05, 3.63) is 26.9 Å². The molecule has 1 unspecified atom stereocenters. The van der Waals surface area contributed by atoms with Crippen LogP contribution in [0.1, 0.15) is 25.8 Å². The third-order valence-electron chi connectivity index (χ3n) is 2.02. The van der Waals surface area contributed by atoms with Gasteiger partial charge in [0.2, 0.25) is 5.88 Å². The van der Waals surface area contributed by atoms with E-state index in [1.807, 2.05) is 11.9 Å². The Morgan fingerprint density at radius 3 is 2.80 bits per heavy atom. The van der Waals surface area contributed by atoms with E-state index < -0.39 is 23.2 Å². The number of rotatable bonds is 3. The summed E-state index contributed by atoms with van der Waals surface area (Å²) in [6.45, 7) is 1.91. The zero-order chi connectivity index (χ0) is 11.4. The molecular weight excluding hydrogens is 196 g/mol. The average Bonchev–Trinajstić information content (AvgIpc) is 2.14. The van der Waals surface area contributed by atoms with Gasteiger partial charge in [-0.3, -0.25) is 9.78 Å². The van der Waals surface area contributed by atoms with Crippen molar-refractivity contribution >= 4 is 0 Å². The third-order valence-corrected chi connectivity index (χ3v) is 2.02. The number of aromatic amines is 1. The number of aromatic hydroxyl groups is 1. The predicted octanol–water partition coefficient (Wildman–Crippen LogP) is 0.217. The molecule has 1 heterocycles. The Morgan fingerprint density at radius 1 is 1.67 bits per heavy atom. The van der Waals surface area contributed by atoms with Crippen LogP contribution in [0.25, 0.3) is 0 Å². The number of nitrogens with zero attached hydrogens (tertiary/aromatic N) is 1. The van der Waals surface area contributed by atoms with Gasteiger partial charge in [0, 0.05) is 0 Å². The summed E-state index contributed by atoms with van der Waals surface area (Å²) < 4.78 is 1.00. The average molecular weight is 208 g/mol. The van der Waals surface area contributed by atoms with Gasteiger partial charge in [0.25, 0.3) is 5.56 Å². The number of aromatic nitrogens is 2. The molecule has 2 N–H and O–H groups in total. The van der Waals surface area contributed by atoms with Gasteiger partial charge in [-0.2, -0.15) is 0 Å². The predicted molar refractivity (Wildman–Crippen MR) is 55.8 cm³/mol. The zero-order valence-corrected chi connectivity index (χ0v) is 8.36. The van der Waals surface area contributed by atoms with Gasteiger partial charge in [-0.1, -0.05) is 19.3 Å². The molecule has 1 aromatic rings.